The van der Waals surface area contributed by atoms with Gasteiger partial charge in [-0.3, -0.25) is 9.78 Å². The van der Waals surface area contributed by atoms with Gasteiger partial charge < -0.3 is 4.74 Å². The van der Waals surface area contributed by atoms with Crippen LogP contribution in [-0.2, 0) is 16.1 Å². The molecule has 0 atom stereocenters. The Morgan fingerprint density at radius 3 is 2.07 bits per heavy atom. The number of nitrogens with zero attached hydrogens (tertiary/aromatic N) is 1. The number of allylic oxidation sites excluding steroid dienone is 4. The molecule has 0 aliphatic carbocycles. The van der Waals surface area contributed by atoms with Crippen LogP contribution in [-0.4, -0.2) is 11.0 Å². The first-order valence-electron chi connectivity index (χ1n) is 12.2. The quantitative estimate of drug-likeness (QED) is 0.131. The highest BCUT2D eigenvalue weighted by Gasteiger charge is 2.02. The van der Waals surface area contributed by atoms with Gasteiger partial charge in [0, 0.05) is 24.4 Å². The molecule has 3 nitrogen and oxygen atoms in total. The van der Waals surface area contributed by atoms with Crippen LogP contribution in [0.1, 0.15) is 109 Å². The lowest BCUT2D eigenvalue weighted by Gasteiger charge is -2.03. The third-order valence-electron chi connectivity index (χ3n) is 5.18. The van der Waals surface area contributed by atoms with E-state index in [4.69, 9.17) is 4.74 Å². The van der Waals surface area contributed by atoms with Crippen LogP contribution in [0, 0.1) is 0 Å². The summed E-state index contributed by atoms with van der Waals surface area (Å²) in [5.41, 5.74) is 0.927. The van der Waals surface area contributed by atoms with Crippen molar-refractivity contribution in [2.24, 2.45) is 0 Å². The van der Waals surface area contributed by atoms with Gasteiger partial charge in [0.1, 0.15) is 6.61 Å². The zero-order valence-electron chi connectivity index (χ0n) is 19.2. The van der Waals surface area contributed by atoms with E-state index in [-0.39, 0.29) is 5.97 Å². The van der Waals surface area contributed by atoms with E-state index in [1.807, 2.05) is 12.1 Å². The standard InChI is InChI=1S/C27H43NO2/c1-2-3-4-5-6-7-8-9-10-11-12-13-14-15-16-17-18-19-22-27(29)30-25-26-21-20-23-28-24-26/h12-13,16-17,20-21,23-24H,2-11,14-15,18-19,22,25H2,1H3/b13-12-,17-16-. The van der Waals surface area contributed by atoms with Gasteiger partial charge in [-0.1, -0.05) is 88.7 Å². The van der Waals surface area contributed by atoms with E-state index >= 15 is 0 Å². The number of hydrogen-bond acceptors (Lipinski definition) is 3. The second-order valence-electron chi connectivity index (χ2n) is 8.05. The van der Waals surface area contributed by atoms with E-state index in [2.05, 4.69) is 36.2 Å². The lowest BCUT2D eigenvalue weighted by molar-refractivity contribution is -0.145. The molecule has 0 amide bonds. The minimum atomic E-state index is -0.133. The van der Waals surface area contributed by atoms with Crippen LogP contribution >= 0.6 is 0 Å². The number of ether oxygens (including phenoxy) is 1. The van der Waals surface area contributed by atoms with Crippen LogP contribution in [0.15, 0.2) is 48.8 Å². The molecule has 0 N–H and O–H groups in total. The largest absolute Gasteiger partial charge is 0.461 e. The molecule has 0 saturated heterocycles. The van der Waals surface area contributed by atoms with E-state index in [1.54, 1.807) is 12.4 Å². The molecule has 0 radical (unpaired) electrons. The summed E-state index contributed by atoms with van der Waals surface area (Å²) < 4.78 is 5.25. The van der Waals surface area contributed by atoms with E-state index < -0.39 is 0 Å². The Balaban J connectivity index is 1.83. The Kier molecular flexibility index (Phi) is 17.8. The molecule has 168 valence electrons. The molecule has 0 bridgehead atoms. The summed E-state index contributed by atoms with van der Waals surface area (Å²) >= 11 is 0. The highest BCUT2D eigenvalue weighted by molar-refractivity contribution is 5.69. The smallest absolute Gasteiger partial charge is 0.306 e. The molecule has 0 aliphatic rings. The van der Waals surface area contributed by atoms with Crippen LogP contribution < -0.4 is 0 Å². The Bertz CT molecular complexity index is 565. The summed E-state index contributed by atoms with van der Waals surface area (Å²) in [5.74, 6) is -0.133. The van der Waals surface area contributed by atoms with Gasteiger partial charge in [-0.15, -0.1) is 0 Å². The number of unbranched alkanes of at least 4 members (excludes halogenated alkanes) is 11. The van der Waals surface area contributed by atoms with Crippen molar-refractivity contribution in [1.29, 1.82) is 0 Å². The van der Waals surface area contributed by atoms with E-state index in [1.165, 1.54) is 64.2 Å². The topological polar surface area (TPSA) is 39.2 Å². The summed E-state index contributed by atoms with van der Waals surface area (Å²) in [6, 6.07) is 3.76. The van der Waals surface area contributed by atoms with Gasteiger partial charge in [-0.05, 0) is 44.6 Å². The second-order valence-corrected chi connectivity index (χ2v) is 8.05. The zero-order valence-corrected chi connectivity index (χ0v) is 19.2. The van der Waals surface area contributed by atoms with Crippen molar-refractivity contribution in [1.82, 2.24) is 4.98 Å². The Morgan fingerprint density at radius 2 is 1.43 bits per heavy atom. The molecule has 1 rings (SSSR count). The van der Waals surface area contributed by atoms with Crippen LogP contribution in [0.3, 0.4) is 0 Å². The fraction of sp³-hybridized carbons (Fsp3) is 0.630. The maximum atomic E-state index is 11.7. The summed E-state index contributed by atoms with van der Waals surface area (Å²) in [5, 5.41) is 0. The van der Waals surface area contributed by atoms with Crippen LogP contribution in [0.2, 0.25) is 0 Å². The summed E-state index contributed by atoms with van der Waals surface area (Å²) in [6.07, 6.45) is 30.7. The number of hydrogen-bond donors (Lipinski definition) is 0. The van der Waals surface area contributed by atoms with E-state index in [0.717, 1.165) is 31.2 Å². The van der Waals surface area contributed by atoms with Crippen molar-refractivity contribution in [2.75, 3.05) is 0 Å². The van der Waals surface area contributed by atoms with Gasteiger partial charge >= 0.3 is 5.97 Å². The molecular formula is C27H43NO2. The highest BCUT2D eigenvalue weighted by atomic mass is 16.5. The lowest BCUT2D eigenvalue weighted by Crippen LogP contribution is -2.04. The molecule has 0 fully saturated rings. The molecule has 3 heteroatoms. The van der Waals surface area contributed by atoms with Crippen molar-refractivity contribution in [3.05, 3.63) is 54.4 Å². The molecule has 1 aromatic heterocycles. The average Bonchev–Trinajstić information content (AvgIpc) is 2.77. The predicted molar refractivity (Wildman–Crippen MR) is 127 cm³/mol. The molecule has 0 aliphatic heterocycles. The summed E-state index contributed by atoms with van der Waals surface area (Å²) in [6.45, 7) is 2.59. The minimum Gasteiger partial charge on any atom is -0.461 e. The zero-order chi connectivity index (χ0) is 21.5. The summed E-state index contributed by atoms with van der Waals surface area (Å²) in [7, 11) is 0. The second kappa shape index (κ2) is 20.4. The molecule has 0 saturated carbocycles. The molecule has 0 spiro atoms. The first kappa shape index (κ1) is 26.1. The third kappa shape index (κ3) is 17.0. The van der Waals surface area contributed by atoms with Gasteiger partial charge in [0.2, 0.25) is 0 Å². The maximum absolute atomic E-state index is 11.7. The van der Waals surface area contributed by atoms with Crippen molar-refractivity contribution in [3.8, 4) is 0 Å². The Labute approximate surface area is 185 Å². The molecule has 0 unspecified atom stereocenters. The maximum Gasteiger partial charge on any atom is 0.306 e. The molecule has 0 aromatic carbocycles. The van der Waals surface area contributed by atoms with E-state index in [0.29, 0.717) is 13.0 Å². The fourth-order valence-corrected chi connectivity index (χ4v) is 3.32. The first-order valence-corrected chi connectivity index (χ1v) is 12.2. The van der Waals surface area contributed by atoms with Crippen molar-refractivity contribution in [3.63, 3.8) is 0 Å². The van der Waals surface area contributed by atoms with Gasteiger partial charge in [0.15, 0.2) is 0 Å². The normalized spacial score (nSPS) is 11.5. The predicted octanol–water partition coefficient (Wildman–Crippen LogP) is 8.11. The summed E-state index contributed by atoms with van der Waals surface area (Å²) in [4.78, 5) is 15.7. The lowest BCUT2D eigenvalue weighted by atomic mass is 10.1. The molecule has 1 heterocycles. The van der Waals surface area contributed by atoms with Crippen LogP contribution in [0.25, 0.3) is 0 Å². The number of aromatic nitrogens is 1. The monoisotopic (exact) mass is 413 g/mol. The average molecular weight is 414 g/mol. The number of carbonyl (C=O) groups is 1. The Hall–Kier alpha value is -1.90. The SMILES string of the molecule is CCCCCCCCCCC/C=C\CC/C=C\CCCC(=O)OCc1cccnc1. The van der Waals surface area contributed by atoms with Crippen molar-refractivity contribution >= 4 is 5.97 Å². The number of carbonyl (C=O) groups excluding carboxylic acids is 1. The first-order chi connectivity index (χ1) is 14.8. The fourth-order valence-electron chi connectivity index (χ4n) is 3.32. The van der Waals surface area contributed by atoms with Gasteiger partial charge in [-0.25, -0.2) is 0 Å². The van der Waals surface area contributed by atoms with E-state index in [9.17, 15) is 4.79 Å². The molecule has 1 aromatic rings. The van der Waals surface area contributed by atoms with Gasteiger partial charge in [-0.2, -0.15) is 0 Å². The van der Waals surface area contributed by atoms with Crippen LogP contribution in [0.5, 0.6) is 0 Å². The van der Waals surface area contributed by atoms with Gasteiger partial charge in [0.05, 0.1) is 0 Å². The third-order valence-corrected chi connectivity index (χ3v) is 5.18. The highest BCUT2D eigenvalue weighted by Crippen LogP contribution is 2.11. The minimum absolute atomic E-state index is 0.133. The number of pyridine rings is 1. The molecule has 30 heavy (non-hydrogen) atoms. The Morgan fingerprint density at radius 1 is 0.833 bits per heavy atom. The number of esters is 1. The van der Waals surface area contributed by atoms with Crippen molar-refractivity contribution in [2.45, 2.75) is 110 Å². The van der Waals surface area contributed by atoms with Gasteiger partial charge in [0.25, 0.3) is 0 Å². The van der Waals surface area contributed by atoms with Crippen molar-refractivity contribution < 1.29 is 9.53 Å². The number of rotatable bonds is 19. The molecular weight excluding hydrogens is 370 g/mol. The van der Waals surface area contributed by atoms with Crippen LogP contribution in [0.4, 0.5) is 0 Å².